The van der Waals surface area contributed by atoms with E-state index in [1.54, 1.807) is 18.2 Å². The van der Waals surface area contributed by atoms with Crippen LogP contribution in [0.15, 0.2) is 28.7 Å². The number of hydrogen-bond donors (Lipinski definition) is 1. The smallest absolute Gasteiger partial charge is 0.275 e. The lowest BCUT2D eigenvalue weighted by Gasteiger charge is -2.09. The fraction of sp³-hybridized carbons (Fsp3) is 0.118. The number of oxazole rings is 1. The summed E-state index contributed by atoms with van der Waals surface area (Å²) < 4.78 is 5.60. The van der Waals surface area contributed by atoms with Crippen molar-refractivity contribution in [2.24, 2.45) is 0 Å². The van der Waals surface area contributed by atoms with E-state index >= 15 is 0 Å². The average Bonchev–Trinajstić information content (AvgIpc) is 2.95. The van der Waals surface area contributed by atoms with E-state index in [1.165, 1.54) is 0 Å². The molecule has 0 unspecified atom stereocenters. The minimum absolute atomic E-state index is 0.00786. The van der Waals surface area contributed by atoms with E-state index in [0.717, 1.165) is 11.5 Å². The molecule has 1 aromatic carbocycles. The zero-order valence-corrected chi connectivity index (χ0v) is 16.6. The van der Waals surface area contributed by atoms with Gasteiger partial charge in [0, 0.05) is 11.3 Å². The molecule has 1 N–H and O–H groups in total. The van der Waals surface area contributed by atoms with Crippen LogP contribution in [0.3, 0.4) is 0 Å². The molecule has 0 radical (unpaired) electrons. The highest BCUT2D eigenvalue weighted by Crippen LogP contribution is 2.36. The topological polar surface area (TPSA) is 68.0 Å². The number of nitrogens with one attached hydrogen (secondary N) is 1. The summed E-state index contributed by atoms with van der Waals surface area (Å²) in [5.74, 6) is 0.619. The number of carbonyl (C=O) groups is 1. The van der Waals surface area contributed by atoms with Gasteiger partial charge in [-0.15, -0.1) is 0 Å². The molecule has 5 nitrogen and oxygen atoms in total. The van der Waals surface area contributed by atoms with Gasteiger partial charge in [0.15, 0.2) is 0 Å². The largest absolute Gasteiger partial charge is 0.441 e. The fourth-order valence-corrected chi connectivity index (χ4v) is 2.97. The van der Waals surface area contributed by atoms with Crippen molar-refractivity contribution >= 4 is 58.0 Å². The summed E-state index contributed by atoms with van der Waals surface area (Å²) in [6.45, 7) is 3.69. The lowest BCUT2D eigenvalue weighted by Crippen LogP contribution is -2.15. The van der Waals surface area contributed by atoms with Gasteiger partial charge in [-0.25, -0.2) is 9.97 Å². The Bertz CT molecular complexity index is 998. The second-order valence-electron chi connectivity index (χ2n) is 5.39. The van der Waals surface area contributed by atoms with E-state index in [9.17, 15) is 4.79 Å². The predicted octanol–water partition coefficient (Wildman–Crippen LogP) is 6.22. The van der Waals surface area contributed by atoms with Crippen molar-refractivity contribution in [3.63, 3.8) is 0 Å². The second kappa shape index (κ2) is 7.45. The predicted molar refractivity (Wildman–Crippen MR) is 104 cm³/mol. The second-order valence-corrected chi connectivity index (χ2v) is 6.88. The van der Waals surface area contributed by atoms with Gasteiger partial charge in [-0.2, -0.15) is 0 Å². The van der Waals surface area contributed by atoms with Gasteiger partial charge in [0.2, 0.25) is 5.89 Å². The van der Waals surface area contributed by atoms with E-state index in [-0.39, 0.29) is 25.9 Å². The number of nitrogens with zero attached hydrogens (tertiary/aromatic N) is 2. The molecule has 26 heavy (non-hydrogen) atoms. The molecule has 9 heteroatoms. The van der Waals surface area contributed by atoms with E-state index in [0.29, 0.717) is 17.1 Å². The van der Waals surface area contributed by atoms with Crippen LogP contribution in [0.4, 0.5) is 5.69 Å². The average molecular weight is 431 g/mol. The summed E-state index contributed by atoms with van der Waals surface area (Å²) in [4.78, 5) is 20.7. The number of halogens is 4. The number of carbonyl (C=O) groups excluding carboxylic acids is 1. The van der Waals surface area contributed by atoms with Crippen LogP contribution in [0, 0.1) is 13.8 Å². The quantitative estimate of drug-likeness (QED) is 0.500. The Morgan fingerprint density at radius 2 is 1.77 bits per heavy atom. The summed E-state index contributed by atoms with van der Waals surface area (Å²) in [6, 6.07) is 7.00. The Morgan fingerprint density at radius 1 is 1.04 bits per heavy atom. The van der Waals surface area contributed by atoms with Gasteiger partial charge in [0.25, 0.3) is 5.91 Å². The first-order chi connectivity index (χ1) is 12.3. The summed E-state index contributed by atoms with van der Waals surface area (Å²) >= 11 is 23.8. The van der Waals surface area contributed by atoms with Crippen molar-refractivity contribution in [3.05, 3.63) is 61.6 Å². The van der Waals surface area contributed by atoms with Crippen LogP contribution in [0.5, 0.6) is 0 Å². The molecule has 0 aliphatic heterocycles. The molecule has 0 atom stereocenters. The summed E-state index contributed by atoms with van der Waals surface area (Å²) in [6.07, 6.45) is 0. The number of aromatic nitrogens is 2. The molecule has 1 amide bonds. The van der Waals surface area contributed by atoms with Gasteiger partial charge >= 0.3 is 0 Å². The summed E-state index contributed by atoms with van der Waals surface area (Å²) in [5, 5.41) is 2.47. The highest BCUT2D eigenvalue weighted by molar-refractivity contribution is 6.52. The minimum atomic E-state index is -0.576. The molecular weight excluding hydrogens is 420 g/mol. The molecule has 134 valence electrons. The molecule has 0 bridgehead atoms. The van der Waals surface area contributed by atoms with Crippen molar-refractivity contribution in [1.29, 1.82) is 0 Å². The van der Waals surface area contributed by atoms with Gasteiger partial charge in [0.05, 0.1) is 20.8 Å². The van der Waals surface area contributed by atoms with Gasteiger partial charge in [-0.05, 0) is 32.0 Å². The molecule has 3 aromatic rings. The number of amides is 1. The van der Waals surface area contributed by atoms with Crippen LogP contribution in [0.1, 0.15) is 21.9 Å². The standard InChI is InChI=1S/C17H11Cl4N3O2/c1-7-8(2)26-17(22-7)9-4-3-5-10(6-9)23-16(25)14-12(19)11(18)13(20)15(21)24-14/h3-6H,1-2H3,(H,23,25). The first kappa shape index (κ1) is 19.0. The van der Waals surface area contributed by atoms with Crippen LogP contribution in [0.2, 0.25) is 20.2 Å². The Labute approximate surface area is 169 Å². The molecule has 0 aliphatic carbocycles. The van der Waals surface area contributed by atoms with E-state index < -0.39 is 5.91 Å². The summed E-state index contributed by atoms with van der Waals surface area (Å²) in [7, 11) is 0. The third kappa shape index (κ3) is 3.67. The lowest BCUT2D eigenvalue weighted by molar-refractivity contribution is 0.102. The number of rotatable bonds is 3. The molecule has 0 saturated heterocycles. The van der Waals surface area contributed by atoms with Crippen molar-refractivity contribution in [1.82, 2.24) is 9.97 Å². The Morgan fingerprint density at radius 3 is 2.42 bits per heavy atom. The normalized spacial score (nSPS) is 10.8. The summed E-state index contributed by atoms with van der Waals surface area (Å²) in [5.41, 5.74) is 1.89. The molecule has 0 fully saturated rings. The number of anilines is 1. The van der Waals surface area contributed by atoms with Crippen LogP contribution in [-0.2, 0) is 0 Å². The number of hydrogen-bond acceptors (Lipinski definition) is 4. The molecular formula is C17H11Cl4N3O2. The molecule has 0 saturated carbocycles. The van der Waals surface area contributed by atoms with Crippen LogP contribution in [-0.4, -0.2) is 15.9 Å². The molecule has 0 aliphatic rings. The maximum absolute atomic E-state index is 12.5. The molecule has 2 heterocycles. The number of pyridine rings is 1. The van der Waals surface area contributed by atoms with Gasteiger partial charge in [-0.1, -0.05) is 52.5 Å². The minimum Gasteiger partial charge on any atom is -0.441 e. The lowest BCUT2D eigenvalue weighted by atomic mass is 10.2. The maximum Gasteiger partial charge on any atom is 0.275 e. The Hall–Kier alpha value is -1.79. The zero-order valence-electron chi connectivity index (χ0n) is 13.5. The van der Waals surface area contributed by atoms with Crippen molar-refractivity contribution < 1.29 is 9.21 Å². The van der Waals surface area contributed by atoms with E-state index in [4.69, 9.17) is 50.8 Å². The Kier molecular flexibility index (Phi) is 5.44. The first-order valence-corrected chi connectivity index (χ1v) is 8.85. The number of benzene rings is 1. The van der Waals surface area contributed by atoms with E-state index in [2.05, 4.69) is 15.3 Å². The number of aryl methyl sites for hydroxylation is 2. The van der Waals surface area contributed by atoms with Crippen molar-refractivity contribution in [2.45, 2.75) is 13.8 Å². The third-order valence-corrected chi connectivity index (χ3v) is 5.27. The van der Waals surface area contributed by atoms with Crippen LogP contribution >= 0.6 is 46.4 Å². The maximum atomic E-state index is 12.5. The zero-order chi connectivity index (χ0) is 19.0. The van der Waals surface area contributed by atoms with Gasteiger partial charge in [-0.3, -0.25) is 4.79 Å². The molecule has 2 aromatic heterocycles. The SMILES string of the molecule is Cc1nc(-c2cccc(NC(=O)c3nc(Cl)c(Cl)c(Cl)c3Cl)c2)oc1C. The monoisotopic (exact) mass is 429 g/mol. The third-order valence-electron chi connectivity index (χ3n) is 3.60. The van der Waals surface area contributed by atoms with Gasteiger partial charge < -0.3 is 9.73 Å². The van der Waals surface area contributed by atoms with Gasteiger partial charge in [0.1, 0.15) is 16.6 Å². The highest BCUT2D eigenvalue weighted by Gasteiger charge is 2.20. The molecule has 0 spiro atoms. The fourth-order valence-electron chi connectivity index (χ4n) is 2.15. The van der Waals surface area contributed by atoms with Crippen molar-refractivity contribution in [3.8, 4) is 11.5 Å². The first-order valence-electron chi connectivity index (χ1n) is 7.33. The van der Waals surface area contributed by atoms with Crippen LogP contribution < -0.4 is 5.32 Å². The van der Waals surface area contributed by atoms with E-state index in [1.807, 2.05) is 19.9 Å². The molecule has 3 rings (SSSR count). The Balaban J connectivity index is 1.90. The van der Waals surface area contributed by atoms with Crippen LogP contribution in [0.25, 0.3) is 11.5 Å². The highest BCUT2D eigenvalue weighted by atomic mass is 35.5. The van der Waals surface area contributed by atoms with Crippen molar-refractivity contribution in [2.75, 3.05) is 5.32 Å².